The summed E-state index contributed by atoms with van der Waals surface area (Å²) in [6.07, 6.45) is 0.648. The van der Waals surface area contributed by atoms with Gasteiger partial charge in [-0.3, -0.25) is 4.31 Å². The van der Waals surface area contributed by atoms with Gasteiger partial charge in [0.2, 0.25) is 10.0 Å². The van der Waals surface area contributed by atoms with Crippen LogP contribution >= 0.6 is 0 Å². The summed E-state index contributed by atoms with van der Waals surface area (Å²) in [4.78, 5) is 4.32. The summed E-state index contributed by atoms with van der Waals surface area (Å²) >= 11 is 0. The zero-order chi connectivity index (χ0) is 13.6. The number of fused-ring (bicyclic) bond motifs is 2. The Morgan fingerprint density at radius 1 is 1.37 bits per heavy atom. The average molecular weight is 280 g/mol. The summed E-state index contributed by atoms with van der Waals surface area (Å²) in [6.45, 7) is 2.02. The number of nitrogens with zero attached hydrogens (tertiary/aromatic N) is 2. The van der Waals surface area contributed by atoms with Crippen molar-refractivity contribution in [2.24, 2.45) is 0 Å². The van der Waals surface area contributed by atoms with Crippen LogP contribution in [0.4, 0.5) is 10.2 Å². The monoisotopic (exact) mass is 280 g/mol. The molecule has 100 valence electrons. The maximum atomic E-state index is 13.2. The Labute approximate surface area is 110 Å². The summed E-state index contributed by atoms with van der Waals surface area (Å²) in [5.41, 5.74) is 1.38. The Hall–Kier alpha value is -1.69. The number of aromatic nitrogens is 1. The van der Waals surface area contributed by atoms with E-state index in [4.69, 9.17) is 0 Å². The number of halogens is 1. The summed E-state index contributed by atoms with van der Waals surface area (Å²) in [7, 11) is -3.31. The summed E-state index contributed by atoms with van der Waals surface area (Å²) in [6, 6.07) is 6.26. The normalized spacial score (nSPS) is 14.9. The van der Waals surface area contributed by atoms with E-state index >= 15 is 0 Å². The molecular weight excluding hydrogens is 267 g/mol. The number of sulfonamides is 1. The Kier molecular flexibility index (Phi) is 2.70. The van der Waals surface area contributed by atoms with Gasteiger partial charge < -0.3 is 0 Å². The first-order valence-corrected chi connectivity index (χ1v) is 7.72. The lowest BCUT2D eigenvalue weighted by Gasteiger charge is -2.17. The number of hydrogen-bond donors (Lipinski definition) is 0. The third kappa shape index (κ3) is 1.96. The Morgan fingerprint density at radius 3 is 2.89 bits per heavy atom. The third-order valence-electron chi connectivity index (χ3n) is 3.36. The van der Waals surface area contributed by atoms with Crippen molar-refractivity contribution in [1.82, 2.24) is 4.98 Å². The van der Waals surface area contributed by atoms with Gasteiger partial charge >= 0.3 is 0 Å². The quantitative estimate of drug-likeness (QED) is 0.846. The van der Waals surface area contributed by atoms with Gasteiger partial charge in [-0.2, -0.15) is 0 Å². The minimum absolute atomic E-state index is 0.0370. The van der Waals surface area contributed by atoms with Crippen LogP contribution < -0.4 is 4.31 Å². The minimum atomic E-state index is -3.31. The predicted octanol–water partition coefficient (Wildman–Crippen LogP) is 2.09. The van der Waals surface area contributed by atoms with Crippen molar-refractivity contribution < 1.29 is 12.8 Å². The number of rotatable bonds is 2. The number of hydrogen-bond acceptors (Lipinski definition) is 3. The zero-order valence-corrected chi connectivity index (χ0v) is 11.2. The second kappa shape index (κ2) is 4.16. The van der Waals surface area contributed by atoms with Gasteiger partial charge in [-0.15, -0.1) is 0 Å². The molecule has 1 aliphatic heterocycles. The molecular formula is C13H13FN2O2S. The van der Waals surface area contributed by atoms with E-state index in [1.165, 1.54) is 16.4 Å². The molecule has 19 heavy (non-hydrogen) atoms. The zero-order valence-electron chi connectivity index (χ0n) is 10.4. The molecule has 0 aliphatic carbocycles. The molecule has 0 amide bonds. The van der Waals surface area contributed by atoms with E-state index in [0.717, 1.165) is 10.9 Å². The molecule has 0 radical (unpaired) electrons. The van der Waals surface area contributed by atoms with Gasteiger partial charge in [0.1, 0.15) is 11.6 Å². The van der Waals surface area contributed by atoms with E-state index in [2.05, 4.69) is 4.98 Å². The molecule has 0 bridgehead atoms. The second-order valence-corrected chi connectivity index (χ2v) is 6.71. The summed E-state index contributed by atoms with van der Waals surface area (Å²) in [5, 5.41) is 0.830. The molecule has 4 nitrogen and oxygen atoms in total. The number of benzene rings is 1. The van der Waals surface area contributed by atoms with Crippen LogP contribution in [0, 0.1) is 5.82 Å². The van der Waals surface area contributed by atoms with Crippen LogP contribution in [0.1, 0.15) is 12.5 Å². The van der Waals surface area contributed by atoms with E-state index in [9.17, 15) is 12.8 Å². The molecule has 0 fully saturated rings. The van der Waals surface area contributed by atoms with E-state index in [1.54, 1.807) is 13.0 Å². The van der Waals surface area contributed by atoms with Crippen molar-refractivity contribution in [2.75, 3.05) is 16.6 Å². The molecule has 0 atom stereocenters. The first-order chi connectivity index (χ1) is 9.01. The lowest BCUT2D eigenvalue weighted by molar-refractivity contribution is 0.593. The van der Waals surface area contributed by atoms with Crippen molar-refractivity contribution in [3.05, 3.63) is 35.6 Å². The highest BCUT2D eigenvalue weighted by Gasteiger charge is 2.29. The van der Waals surface area contributed by atoms with Gasteiger partial charge in [0, 0.05) is 18.0 Å². The highest BCUT2D eigenvalue weighted by Crippen LogP contribution is 2.31. The van der Waals surface area contributed by atoms with Crippen molar-refractivity contribution in [3.8, 4) is 0 Å². The molecule has 1 aromatic carbocycles. The summed E-state index contributed by atoms with van der Waals surface area (Å²) in [5.74, 6) is 0.109. The highest BCUT2D eigenvalue weighted by atomic mass is 32.2. The van der Waals surface area contributed by atoms with E-state index < -0.39 is 10.0 Å². The van der Waals surface area contributed by atoms with Gasteiger partial charge in [-0.1, -0.05) is 0 Å². The number of anilines is 1. The van der Waals surface area contributed by atoms with Crippen LogP contribution in [0.2, 0.25) is 0 Å². The molecule has 1 aromatic heterocycles. The molecule has 1 aliphatic rings. The third-order valence-corrected chi connectivity index (χ3v) is 5.11. The van der Waals surface area contributed by atoms with Crippen molar-refractivity contribution in [2.45, 2.75) is 13.3 Å². The van der Waals surface area contributed by atoms with Crippen molar-refractivity contribution >= 4 is 26.7 Å². The second-order valence-electron chi connectivity index (χ2n) is 4.53. The Balaban J connectivity index is 2.20. The van der Waals surface area contributed by atoms with Crippen LogP contribution in [0.3, 0.4) is 0 Å². The van der Waals surface area contributed by atoms with Crippen molar-refractivity contribution in [3.63, 3.8) is 0 Å². The topological polar surface area (TPSA) is 50.3 Å². The van der Waals surface area contributed by atoms with E-state index in [0.29, 0.717) is 24.3 Å². The van der Waals surface area contributed by atoms with Gasteiger partial charge in [-0.25, -0.2) is 17.8 Å². The SMILES string of the molecule is CCS(=O)(=O)N1CCc2cc3ccc(F)cc3nc21. The first kappa shape index (κ1) is 12.3. The largest absolute Gasteiger partial charge is 0.253 e. The average Bonchev–Trinajstić information content (AvgIpc) is 2.79. The van der Waals surface area contributed by atoms with Crippen LogP contribution in [0.5, 0.6) is 0 Å². The Bertz CT molecular complexity index is 759. The molecule has 0 spiro atoms. The fourth-order valence-electron chi connectivity index (χ4n) is 2.33. The van der Waals surface area contributed by atoms with Gasteiger partial charge in [0.15, 0.2) is 0 Å². The van der Waals surface area contributed by atoms with Crippen LogP contribution in [-0.2, 0) is 16.4 Å². The Morgan fingerprint density at radius 2 is 2.16 bits per heavy atom. The fourth-order valence-corrected chi connectivity index (χ4v) is 3.43. The lowest BCUT2D eigenvalue weighted by Crippen LogP contribution is -2.31. The van der Waals surface area contributed by atoms with Gasteiger partial charge in [0.25, 0.3) is 0 Å². The molecule has 3 rings (SSSR count). The minimum Gasteiger partial charge on any atom is -0.253 e. The highest BCUT2D eigenvalue weighted by molar-refractivity contribution is 7.92. The summed E-state index contributed by atoms with van der Waals surface area (Å²) < 4.78 is 38.5. The van der Waals surface area contributed by atoms with E-state index in [1.807, 2.05) is 6.07 Å². The van der Waals surface area contributed by atoms with Gasteiger partial charge in [-0.05, 0) is 37.1 Å². The van der Waals surface area contributed by atoms with Gasteiger partial charge in [0.05, 0.1) is 11.3 Å². The van der Waals surface area contributed by atoms with E-state index in [-0.39, 0.29) is 11.6 Å². The fraction of sp³-hybridized carbons (Fsp3) is 0.308. The van der Waals surface area contributed by atoms with Crippen LogP contribution in [0.15, 0.2) is 24.3 Å². The molecule has 0 unspecified atom stereocenters. The molecule has 6 heteroatoms. The maximum Gasteiger partial charge on any atom is 0.236 e. The first-order valence-electron chi connectivity index (χ1n) is 6.11. The standard InChI is InChI=1S/C13H13FN2O2S/c1-2-19(17,18)16-6-5-10-7-9-3-4-11(14)8-12(9)15-13(10)16/h3-4,7-8H,2,5-6H2,1H3. The maximum absolute atomic E-state index is 13.2. The lowest BCUT2D eigenvalue weighted by atomic mass is 10.1. The number of pyridine rings is 1. The molecule has 0 saturated heterocycles. The van der Waals surface area contributed by atoms with Crippen LogP contribution in [-0.4, -0.2) is 25.7 Å². The molecule has 0 N–H and O–H groups in total. The molecule has 2 heterocycles. The molecule has 0 saturated carbocycles. The predicted molar refractivity (Wildman–Crippen MR) is 72.2 cm³/mol. The molecule has 2 aromatic rings. The smallest absolute Gasteiger partial charge is 0.236 e. The van der Waals surface area contributed by atoms with Crippen molar-refractivity contribution in [1.29, 1.82) is 0 Å². The van der Waals surface area contributed by atoms with Crippen LogP contribution in [0.25, 0.3) is 10.9 Å².